The Labute approximate surface area is 255 Å². The molecule has 2 fully saturated rings. The second-order valence-electron chi connectivity index (χ2n) is 7.78. The van der Waals surface area contributed by atoms with E-state index in [0.29, 0.717) is 0 Å². The van der Waals surface area contributed by atoms with Gasteiger partial charge in [0.25, 0.3) is 0 Å². The van der Waals surface area contributed by atoms with Gasteiger partial charge < -0.3 is 54.1 Å². The second-order valence-corrected chi connectivity index (χ2v) is 7.78. The zero-order chi connectivity index (χ0) is 23.0. The van der Waals surface area contributed by atoms with E-state index in [-0.39, 0.29) is 60.2 Å². The van der Waals surface area contributed by atoms with Gasteiger partial charge in [-0.3, -0.25) is 0 Å². The first-order valence-electron chi connectivity index (χ1n) is 12.5. The molecular weight excluding hydrogens is 647 g/mol. The molecule has 2 aliphatic heterocycles. The Hall–Kier alpha value is -0.197. The van der Waals surface area contributed by atoms with E-state index in [2.05, 4.69) is 24.5 Å². The van der Waals surface area contributed by atoms with Crippen molar-refractivity contribution in [1.29, 1.82) is 0 Å². The molecule has 4 nitrogen and oxygen atoms in total. The average molecular weight is 692 g/mol. The number of para-hydroxylation sites is 2. The fourth-order valence-corrected chi connectivity index (χ4v) is 2.82. The molecule has 2 aromatic carbocycles. The molecule has 0 atom stereocenters. The van der Waals surface area contributed by atoms with Crippen LogP contribution in [0.1, 0.15) is 65.2 Å². The van der Waals surface area contributed by atoms with E-state index in [1.165, 1.54) is 51.4 Å². The molecule has 0 amide bonds. The van der Waals surface area contributed by atoms with E-state index in [1.54, 1.807) is 0 Å². The summed E-state index contributed by atoms with van der Waals surface area (Å²) in [5, 5.41) is 8.79. The van der Waals surface area contributed by atoms with Gasteiger partial charge in [0.15, 0.2) is 0 Å². The Morgan fingerprint density at radius 2 is 0.886 bits per heavy atom. The number of rotatable bonds is 8. The van der Waals surface area contributed by atoms with Crippen LogP contribution in [0.2, 0.25) is 0 Å². The Morgan fingerprint density at radius 1 is 0.571 bits per heavy atom. The summed E-state index contributed by atoms with van der Waals surface area (Å²) in [6.07, 6.45) is 9.93. The summed E-state index contributed by atoms with van der Waals surface area (Å²) in [4.78, 5) is 0. The van der Waals surface area contributed by atoms with Crippen LogP contribution in [-0.2, 0) is 35.7 Å². The van der Waals surface area contributed by atoms with Gasteiger partial charge in [0.2, 0.25) is 0 Å². The molecule has 0 aromatic heterocycles. The first-order chi connectivity index (χ1) is 15.9. The number of benzene rings is 2. The minimum Gasteiger partial charge on any atom is -1.00 e. The van der Waals surface area contributed by atoms with Gasteiger partial charge in [0.1, 0.15) is 0 Å². The van der Waals surface area contributed by atoms with Crippen molar-refractivity contribution < 1.29 is 69.6 Å². The monoisotopic (exact) mass is 688 g/mol. The van der Waals surface area contributed by atoms with Gasteiger partial charge in [0.05, 0.1) is 0 Å². The molecule has 0 saturated carbocycles. The first kappa shape index (κ1) is 39.3. The summed E-state index contributed by atoms with van der Waals surface area (Å²) in [6, 6.07) is 20.2. The van der Waals surface area contributed by atoms with E-state index in [0.717, 1.165) is 50.9 Å². The smallest absolute Gasteiger partial charge is 1.00 e. The maximum Gasteiger partial charge on any atom is 4.00 e. The van der Waals surface area contributed by atoms with E-state index < -0.39 is 0 Å². The molecule has 2 heterocycles. The molecule has 2 aliphatic rings. The zero-order valence-corrected chi connectivity index (χ0v) is 27.3. The number of hydrogen-bond donors (Lipinski definition) is 0. The normalized spacial score (nSPS) is 12.9. The molecule has 0 spiro atoms. The van der Waals surface area contributed by atoms with Gasteiger partial charge in [-0.2, -0.15) is 0 Å². The van der Waals surface area contributed by atoms with Crippen LogP contribution in [0.4, 0.5) is 11.4 Å². The summed E-state index contributed by atoms with van der Waals surface area (Å²) in [5.41, 5.74) is 2.20. The van der Waals surface area contributed by atoms with Crippen molar-refractivity contribution in [3.05, 3.63) is 71.3 Å². The predicted octanol–water partition coefficient (Wildman–Crippen LogP) is 2.58. The first-order valence-corrected chi connectivity index (χ1v) is 12.5. The van der Waals surface area contributed by atoms with Crippen LogP contribution < -0.4 is 34.0 Å². The van der Waals surface area contributed by atoms with Gasteiger partial charge >= 0.3 is 26.2 Å². The van der Waals surface area contributed by atoms with E-state index in [9.17, 15) is 0 Å². The van der Waals surface area contributed by atoms with Crippen LogP contribution >= 0.6 is 0 Å². The third kappa shape index (κ3) is 26.7. The van der Waals surface area contributed by atoms with Crippen molar-refractivity contribution in [2.45, 2.75) is 65.2 Å². The minimum absolute atomic E-state index is 0. The summed E-state index contributed by atoms with van der Waals surface area (Å²) in [5.74, 6) is 0. The van der Waals surface area contributed by atoms with Crippen molar-refractivity contribution in [2.24, 2.45) is 0 Å². The van der Waals surface area contributed by atoms with Crippen LogP contribution in [0.15, 0.2) is 60.7 Å². The van der Waals surface area contributed by atoms with Crippen LogP contribution in [0, 0.1) is 0 Å². The van der Waals surface area contributed by atoms with E-state index >= 15 is 0 Å². The second kappa shape index (κ2) is 31.8. The maximum atomic E-state index is 4.94. The van der Waals surface area contributed by atoms with Crippen molar-refractivity contribution >= 4 is 11.4 Å². The summed E-state index contributed by atoms with van der Waals surface area (Å²) < 4.78 is 9.89. The largest absolute Gasteiger partial charge is 4.00 e. The van der Waals surface area contributed by atoms with E-state index in [1.807, 2.05) is 60.7 Å². The van der Waals surface area contributed by atoms with Crippen LogP contribution in [0.3, 0.4) is 0 Å². The number of nitrogens with zero attached hydrogens (tertiary/aromatic N) is 2. The summed E-state index contributed by atoms with van der Waals surface area (Å²) in [7, 11) is 0. The topological polar surface area (TPSA) is 46.7 Å². The van der Waals surface area contributed by atoms with Crippen LogP contribution in [0.5, 0.6) is 0 Å². The van der Waals surface area contributed by atoms with Gasteiger partial charge in [-0.25, -0.2) is 0 Å². The maximum absolute atomic E-state index is 4.94. The average Bonchev–Trinajstić information content (AvgIpc) is 3.61. The third-order valence-electron chi connectivity index (χ3n) is 4.78. The summed E-state index contributed by atoms with van der Waals surface area (Å²) in [6.45, 7) is 10.3. The van der Waals surface area contributed by atoms with Crippen molar-refractivity contribution in [3.63, 3.8) is 0 Å². The number of halogens is 2. The molecule has 2 aromatic rings. The van der Waals surface area contributed by atoms with Gasteiger partial charge in [-0.1, -0.05) is 100 Å². The van der Waals surface area contributed by atoms with E-state index in [4.69, 9.17) is 9.47 Å². The molecule has 4 rings (SSSR count). The molecule has 2 saturated heterocycles. The zero-order valence-electron chi connectivity index (χ0n) is 21.6. The Bertz CT molecular complexity index is 546. The predicted molar refractivity (Wildman–Crippen MR) is 139 cm³/mol. The molecule has 35 heavy (non-hydrogen) atoms. The Balaban J connectivity index is -0.000000400. The van der Waals surface area contributed by atoms with Crippen molar-refractivity contribution in [2.75, 3.05) is 39.5 Å². The van der Waals surface area contributed by atoms with Gasteiger partial charge in [-0.05, 0) is 25.7 Å². The van der Waals surface area contributed by atoms with Crippen LogP contribution in [0.25, 0.3) is 10.6 Å². The number of unbranched alkanes of at least 4 members (excludes halogenated alkanes) is 2. The van der Waals surface area contributed by atoms with Crippen molar-refractivity contribution in [3.8, 4) is 0 Å². The quantitative estimate of drug-likeness (QED) is 0.400. The fraction of sp³-hybridized carbons (Fsp3) is 0.571. The molecule has 7 heteroatoms. The third-order valence-corrected chi connectivity index (χ3v) is 4.78. The number of ether oxygens (including phenoxy) is 2. The number of hydrogen-bond acceptors (Lipinski definition) is 2. The molecule has 196 valence electrons. The molecule has 0 radical (unpaired) electrons. The molecule has 0 bridgehead atoms. The molecule has 0 unspecified atom stereocenters. The summed E-state index contributed by atoms with van der Waals surface area (Å²) >= 11 is 0. The Morgan fingerprint density at radius 3 is 1.11 bits per heavy atom. The van der Waals surface area contributed by atoms with Crippen LogP contribution in [-0.4, -0.2) is 39.5 Å². The van der Waals surface area contributed by atoms with Gasteiger partial charge in [0, 0.05) is 26.4 Å². The fourth-order valence-electron chi connectivity index (χ4n) is 2.82. The van der Waals surface area contributed by atoms with Gasteiger partial charge in [-0.15, -0.1) is 24.5 Å². The molecule has 0 aliphatic carbocycles. The Kier molecular flexibility index (Phi) is 35.8. The molecule has 0 N–H and O–H groups in total. The minimum atomic E-state index is 0. The molecular formula is C28H44Br2N2O2Zr. The SMILES string of the molecule is C1CCOC1.C1CCOC1.CCCC[N-]c1ccccc1.CCCC[N-]c1ccccc1.[Br-].[Br-].[Zr+4]. The standard InChI is InChI=1S/2C10H14N.2C4H8O.2BrH.Zr/c2*1-2-3-9-11-10-7-5-4-6-8-10;2*1-2-4-5-3-1;;;/h2*4-8H,2-3,9H2,1H3;2*1-4H2;2*1H;/q2*-1;;;;;+4/p-2. The van der Waals surface area contributed by atoms with Crippen molar-refractivity contribution in [1.82, 2.24) is 0 Å².